The van der Waals surface area contributed by atoms with Gasteiger partial charge in [0.2, 0.25) is 0 Å². The number of hydrogen-bond donors (Lipinski definition) is 1. The highest BCUT2D eigenvalue weighted by Crippen LogP contribution is 2.07. The molecule has 0 atom stereocenters. The fourth-order valence-electron chi connectivity index (χ4n) is 0.843. The fraction of sp³-hybridized carbons (Fsp3) is 0.909. The molecular formula is C11H23NO3. The van der Waals surface area contributed by atoms with Crippen molar-refractivity contribution in [2.24, 2.45) is 5.92 Å². The zero-order valence-electron chi connectivity index (χ0n) is 10.4. The zero-order valence-corrected chi connectivity index (χ0v) is 10.4. The van der Waals surface area contributed by atoms with E-state index in [0.29, 0.717) is 25.5 Å². The van der Waals surface area contributed by atoms with Gasteiger partial charge in [-0.25, -0.2) is 5.48 Å². The van der Waals surface area contributed by atoms with Crippen molar-refractivity contribution in [2.45, 2.75) is 46.6 Å². The predicted molar refractivity (Wildman–Crippen MR) is 59.3 cm³/mol. The first kappa shape index (κ1) is 14.4. The Hall–Kier alpha value is -0.610. The van der Waals surface area contributed by atoms with Crippen LogP contribution in [0.15, 0.2) is 0 Å². The highest BCUT2D eigenvalue weighted by atomic mass is 16.6. The van der Waals surface area contributed by atoms with Crippen molar-refractivity contribution in [3.8, 4) is 0 Å². The van der Waals surface area contributed by atoms with Crippen LogP contribution in [0.5, 0.6) is 0 Å². The van der Waals surface area contributed by atoms with Gasteiger partial charge < -0.3 is 9.57 Å². The summed E-state index contributed by atoms with van der Waals surface area (Å²) in [7, 11) is 0. The summed E-state index contributed by atoms with van der Waals surface area (Å²) in [6.45, 7) is 10.8. The lowest BCUT2D eigenvalue weighted by Crippen LogP contribution is -2.27. The van der Waals surface area contributed by atoms with E-state index in [2.05, 4.69) is 19.3 Å². The summed E-state index contributed by atoms with van der Waals surface area (Å²) >= 11 is 0. The van der Waals surface area contributed by atoms with E-state index >= 15 is 0 Å². The van der Waals surface area contributed by atoms with Crippen molar-refractivity contribution in [3.63, 3.8) is 0 Å². The summed E-state index contributed by atoms with van der Waals surface area (Å²) in [5, 5.41) is 0. The molecule has 0 fully saturated rings. The molecule has 15 heavy (non-hydrogen) atoms. The Morgan fingerprint density at radius 2 is 1.93 bits per heavy atom. The van der Waals surface area contributed by atoms with Gasteiger partial charge in [-0.1, -0.05) is 13.8 Å². The first-order chi connectivity index (χ1) is 6.81. The van der Waals surface area contributed by atoms with Crippen molar-refractivity contribution in [2.75, 3.05) is 13.2 Å². The second-order valence-electron chi connectivity index (χ2n) is 4.94. The predicted octanol–water partition coefficient (Wildman–Crippen LogP) is 1.90. The molecule has 0 radical (unpaired) electrons. The molecule has 4 heteroatoms. The second kappa shape index (κ2) is 6.80. The van der Waals surface area contributed by atoms with Crippen molar-refractivity contribution in [3.05, 3.63) is 0 Å². The van der Waals surface area contributed by atoms with Gasteiger partial charge in [0, 0.05) is 6.54 Å². The lowest BCUT2D eigenvalue weighted by atomic mass is 10.2. The van der Waals surface area contributed by atoms with Crippen LogP contribution in [0.1, 0.15) is 41.0 Å². The van der Waals surface area contributed by atoms with Gasteiger partial charge in [-0.2, -0.15) is 0 Å². The molecule has 0 amide bonds. The molecule has 0 aliphatic heterocycles. The van der Waals surface area contributed by atoms with Crippen LogP contribution in [0.3, 0.4) is 0 Å². The van der Waals surface area contributed by atoms with Crippen LogP contribution in [-0.2, 0) is 14.4 Å². The normalized spacial score (nSPS) is 11.9. The fourth-order valence-corrected chi connectivity index (χ4v) is 0.843. The first-order valence-corrected chi connectivity index (χ1v) is 5.38. The minimum Gasteiger partial charge on any atom is -0.460 e. The molecule has 0 spiro atoms. The van der Waals surface area contributed by atoms with E-state index in [1.807, 2.05) is 20.8 Å². The van der Waals surface area contributed by atoms with E-state index in [1.165, 1.54) is 0 Å². The topological polar surface area (TPSA) is 47.6 Å². The molecule has 0 saturated carbocycles. The largest absolute Gasteiger partial charge is 0.460 e. The van der Waals surface area contributed by atoms with Gasteiger partial charge in [0.05, 0.1) is 13.0 Å². The van der Waals surface area contributed by atoms with Crippen LogP contribution >= 0.6 is 0 Å². The monoisotopic (exact) mass is 217 g/mol. The van der Waals surface area contributed by atoms with E-state index in [4.69, 9.17) is 9.57 Å². The zero-order chi connectivity index (χ0) is 11.9. The molecule has 0 rings (SSSR count). The highest BCUT2D eigenvalue weighted by molar-refractivity contribution is 5.70. The van der Waals surface area contributed by atoms with Gasteiger partial charge in [0.1, 0.15) is 5.60 Å². The van der Waals surface area contributed by atoms with Gasteiger partial charge in [-0.05, 0) is 26.7 Å². The van der Waals surface area contributed by atoms with E-state index in [1.54, 1.807) is 0 Å². The summed E-state index contributed by atoms with van der Waals surface area (Å²) in [5.41, 5.74) is 2.33. The molecular weight excluding hydrogens is 194 g/mol. The number of hydrogen-bond acceptors (Lipinski definition) is 4. The average molecular weight is 217 g/mol. The van der Waals surface area contributed by atoms with Crippen LogP contribution in [0.25, 0.3) is 0 Å². The number of carbonyl (C=O) groups is 1. The summed E-state index contributed by atoms with van der Waals surface area (Å²) in [6.07, 6.45) is 0.329. The molecule has 90 valence electrons. The van der Waals surface area contributed by atoms with Crippen molar-refractivity contribution in [1.29, 1.82) is 0 Å². The lowest BCUT2D eigenvalue weighted by molar-refractivity contribution is -0.155. The Kier molecular flexibility index (Phi) is 6.52. The molecule has 0 aromatic rings. The number of hydroxylamine groups is 1. The third kappa shape index (κ3) is 11.3. The summed E-state index contributed by atoms with van der Waals surface area (Å²) < 4.78 is 5.13. The first-order valence-electron chi connectivity index (χ1n) is 5.38. The third-order valence-corrected chi connectivity index (χ3v) is 1.37. The molecule has 0 heterocycles. The number of ether oxygens (including phenoxy) is 1. The SMILES string of the molecule is CC(C)CONCCC(=O)OC(C)(C)C. The molecule has 4 nitrogen and oxygen atoms in total. The number of carbonyl (C=O) groups excluding carboxylic acids is 1. The number of esters is 1. The molecule has 0 bridgehead atoms. The van der Waals surface area contributed by atoms with Crippen LogP contribution in [-0.4, -0.2) is 24.7 Å². The minimum absolute atomic E-state index is 0.205. The summed E-state index contributed by atoms with van der Waals surface area (Å²) in [6, 6.07) is 0. The van der Waals surface area contributed by atoms with E-state index < -0.39 is 5.60 Å². The van der Waals surface area contributed by atoms with Gasteiger partial charge in [0.15, 0.2) is 0 Å². The Morgan fingerprint density at radius 1 is 1.33 bits per heavy atom. The molecule has 0 aromatic carbocycles. The Morgan fingerprint density at radius 3 is 2.40 bits per heavy atom. The maximum absolute atomic E-state index is 11.2. The smallest absolute Gasteiger partial charge is 0.307 e. The Bertz CT molecular complexity index is 185. The standard InChI is InChI=1S/C11H23NO3/c1-9(2)8-14-12-7-6-10(13)15-11(3,4)5/h9,12H,6-8H2,1-5H3. The van der Waals surface area contributed by atoms with E-state index in [0.717, 1.165) is 0 Å². The van der Waals surface area contributed by atoms with E-state index in [-0.39, 0.29) is 5.97 Å². The van der Waals surface area contributed by atoms with Crippen molar-refractivity contribution < 1.29 is 14.4 Å². The Labute approximate surface area is 92.3 Å². The van der Waals surface area contributed by atoms with Gasteiger partial charge in [-0.15, -0.1) is 0 Å². The Balaban J connectivity index is 3.40. The lowest BCUT2D eigenvalue weighted by Gasteiger charge is -2.19. The van der Waals surface area contributed by atoms with Gasteiger partial charge in [-0.3, -0.25) is 4.79 Å². The second-order valence-corrected chi connectivity index (χ2v) is 4.94. The molecule has 1 N–H and O–H groups in total. The van der Waals surface area contributed by atoms with Gasteiger partial charge >= 0.3 is 5.97 Å². The van der Waals surface area contributed by atoms with E-state index in [9.17, 15) is 4.79 Å². The molecule has 0 aliphatic carbocycles. The van der Waals surface area contributed by atoms with Crippen LogP contribution < -0.4 is 5.48 Å². The maximum atomic E-state index is 11.2. The number of nitrogens with one attached hydrogen (secondary N) is 1. The minimum atomic E-state index is -0.407. The molecule has 0 aliphatic rings. The highest BCUT2D eigenvalue weighted by Gasteiger charge is 2.15. The molecule has 0 aromatic heterocycles. The molecule has 0 unspecified atom stereocenters. The summed E-state index contributed by atoms with van der Waals surface area (Å²) in [5.74, 6) is 0.280. The van der Waals surface area contributed by atoms with Crippen molar-refractivity contribution >= 4 is 5.97 Å². The van der Waals surface area contributed by atoms with Crippen molar-refractivity contribution in [1.82, 2.24) is 5.48 Å². The third-order valence-electron chi connectivity index (χ3n) is 1.37. The number of rotatable bonds is 6. The van der Waals surface area contributed by atoms with Crippen LogP contribution in [0.4, 0.5) is 0 Å². The van der Waals surface area contributed by atoms with Gasteiger partial charge in [0.25, 0.3) is 0 Å². The average Bonchev–Trinajstić information content (AvgIpc) is 1.99. The quantitative estimate of drug-likeness (QED) is 0.419. The maximum Gasteiger partial charge on any atom is 0.307 e. The molecule has 0 saturated heterocycles. The van der Waals surface area contributed by atoms with Crippen LogP contribution in [0, 0.1) is 5.92 Å². The van der Waals surface area contributed by atoms with Crippen LogP contribution in [0.2, 0.25) is 0 Å². The summed E-state index contributed by atoms with van der Waals surface area (Å²) in [4.78, 5) is 16.4.